The summed E-state index contributed by atoms with van der Waals surface area (Å²) in [5, 5.41) is 0. The lowest BCUT2D eigenvalue weighted by Gasteiger charge is -2.10. The van der Waals surface area contributed by atoms with E-state index >= 15 is 0 Å². The Hall–Kier alpha value is -4.34. The van der Waals surface area contributed by atoms with Crippen LogP contribution in [-0.4, -0.2) is 33.9 Å². The van der Waals surface area contributed by atoms with E-state index in [4.69, 9.17) is 15.2 Å². The summed E-state index contributed by atoms with van der Waals surface area (Å²) in [4.78, 5) is 25.4. The van der Waals surface area contributed by atoms with E-state index < -0.39 is 11.6 Å². The number of rotatable bonds is 6. The number of amidine groups is 1. The molecule has 168 valence electrons. The van der Waals surface area contributed by atoms with Gasteiger partial charge >= 0.3 is 0 Å². The van der Waals surface area contributed by atoms with Crippen molar-refractivity contribution in [3.63, 3.8) is 0 Å². The first kappa shape index (κ1) is 21.9. The molecule has 0 saturated carbocycles. The van der Waals surface area contributed by atoms with Crippen LogP contribution < -0.4 is 20.8 Å². The van der Waals surface area contributed by atoms with Crippen LogP contribution in [0.3, 0.4) is 0 Å². The maximum absolute atomic E-state index is 14.1. The van der Waals surface area contributed by atoms with Gasteiger partial charge in [0.2, 0.25) is 11.6 Å². The number of benzene rings is 1. The van der Waals surface area contributed by atoms with Gasteiger partial charge in [0.15, 0.2) is 0 Å². The van der Waals surface area contributed by atoms with Crippen molar-refractivity contribution < 1.29 is 18.3 Å². The van der Waals surface area contributed by atoms with Crippen molar-refractivity contribution in [2.24, 2.45) is 10.7 Å². The smallest absolute Gasteiger partial charge is 0.300 e. The van der Waals surface area contributed by atoms with Gasteiger partial charge in [0, 0.05) is 29.6 Å². The lowest BCUT2D eigenvalue weighted by molar-refractivity contribution is 0.333. The van der Waals surface area contributed by atoms with Crippen LogP contribution in [0.15, 0.2) is 64.8 Å². The van der Waals surface area contributed by atoms with Crippen LogP contribution in [0.1, 0.15) is 12.5 Å². The van der Waals surface area contributed by atoms with Crippen LogP contribution in [0.5, 0.6) is 11.6 Å². The van der Waals surface area contributed by atoms with Gasteiger partial charge in [-0.2, -0.15) is 0 Å². The third-order valence-corrected chi connectivity index (χ3v) is 4.78. The number of fused-ring (bicyclic) bond motifs is 1. The summed E-state index contributed by atoms with van der Waals surface area (Å²) in [6.07, 6.45) is 4.53. The molecular weight excluding hydrogens is 432 g/mol. The Morgan fingerprint density at radius 2 is 1.94 bits per heavy atom. The summed E-state index contributed by atoms with van der Waals surface area (Å²) in [6, 6.07) is 8.09. The minimum atomic E-state index is -0.842. The molecule has 4 aromatic rings. The molecule has 0 fully saturated rings. The molecule has 0 aliphatic carbocycles. The van der Waals surface area contributed by atoms with Crippen molar-refractivity contribution in [3.05, 3.63) is 82.5 Å². The molecule has 8 nitrogen and oxygen atoms in total. The van der Waals surface area contributed by atoms with E-state index in [2.05, 4.69) is 15.0 Å². The quantitative estimate of drug-likeness (QED) is 0.356. The minimum absolute atomic E-state index is 0.0596. The van der Waals surface area contributed by atoms with Crippen molar-refractivity contribution in [1.82, 2.24) is 14.4 Å². The van der Waals surface area contributed by atoms with Crippen LogP contribution >= 0.6 is 0 Å². The number of hydrogen-bond acceptors (Lipinski definition) is 6. The third-order valence-electron chi connectivity index (χ3n) is 4.78. The SMILES string of the molecule is CCOc1cnc2ccc(-c3cnc(OC)c(N=C(N)c4ccc(F)cc4F)c3)cn2c1=O. The van der Waals surface area contributed by atoms with Gasteiger partial charge in [0.1, 0.15) is 28.8 Å². The summed E-state index contributed by atoms with van der Waals surface area (Å²) in [5.74, 6) is -1.45. The van der Waals surface area contributed by atoms with Gasteiger partial charge in [-0.3, -0.25) is 9.20 Å². The monoisotopic (exact) mass is 451 g/mol. The van der Waals surface area contributed by atoms with E-state index in [1.807, 2.05) is 0 Å². The number of aromatic nitrogens is 3. The van der Waals surface area contributed by atoms with E-state index in [1.54, 1.807) is 37.5 Å². The predicted octanol–water partition coefficient (Wildman–Crippen LogP) is 3.48. The molecule has 2 N–H and O–H groups in total. The predicted molar refractivity (Wildman–Crippen MR) is 119 cm³/mol. The molecule has 0 saturated heterocycles. The molecule has 0 aliphatic rings. The zero-order valence-electron chi connectivity index (χ0n) is 17.8. The van der Waals surface area contributed by atoms with E-state index in [0.29, 0.717) is 23.4 Å². The van der Waals surface area contributed by atoms with Crippen molar-refractivity contribution in [3.8, 4) is 22.8 Å². The highest BCUT2D eigenvalue weighted by atomic mass is 19.1. The lowest BCUT2D eigenvalue weighted by atomic mass is 10.1. The van der Waals surface area contributed by atoms with Gasteiger partial charge in [-0.05, 0) is 37.3 Å². The van der Waals surface area contributed by atoms with Crippen molar-refractivity contribution in [2.45, 2.75) is 6.92 Å². The molecule has 4 rings (SSSR count). The number of halogens is 2. The maximum atomic E-state index is 14.1. The molecule has 0 bridgehead atoms. The fourth-order valence-electron chi connectivity index (χ4n) is 3.21. The van der Waals surface area contributed by atoms with Crippen molar-refractivity contribution in [2.75, 3.05) is 13.7 Å². The topological polar surface area (TPSA) is 104 Å². The Kier molecular flexibility index (Phi) is 5.99. The number of hydrogen-bond donors (Lipinski definition) is 1. The number of nitrogens with two attached hydrogens (primary N) is 1. The molecule has 3 aromatic heterocycles. The van der Waals surface area contributed by atoms with Crippen molar-refractivity contribution >= 4 is 17.2 Å². The van der Waals surface area contributed by atoms with E-state index in [0.717, 1.165) is 12.1 Å². The fourth-order valence-corrected chi connectivity index (χ4v) is 3.21. The van der Waals surface area contributed by atoms with E-state index in [-0.39, 0.29) is 34.3 Å². The molecule has 0 atom stereocenters. The first-order chi connectivity index (χ1) is 15.9. The Bertz CT molecular complexity index is 1440. The first-order valence-electron chi connectivity index (χ1n) is 9.89. The Morgan fingerprint density at radius 1 is 1.12 bits per heavy atom. The zero-order chi connectivity index (χ0) is 23.5. The third kappa shape index (κ3) is 4.36. The molecule has 1 aromatic carbocycles. The van der Waals surface area contributed by atoms with Crippen LogP contribution in [0.25, 0.3) is 16.8 Å². The molecule has 0 unspecified atom stereocenters. The second-order valence-corrected chi connectivity index (χ2v) is 6.88. The van der Waals surface area contributed by atoms with E-state index in [9.17, 15) is 13.6 Å². The largest absolute Gasteiger partial charge is 0.487 e. The van der Waals surface area contributed by atoms with Crippen LogP contribution in [-0.2, 0) is 0 Å². The van der Waals surface area contributed by atoms with E-state index in [1.165, 1.54) is 23.8 Å². The second kappa shape index (κ2) is 9.03. The maximum Gasteiger partial charge on any atom is 0.300 e. The van der Waals surface area contributed by atoms with Gasteiger partial charge in [-0.25, -0.2) is 23.7 Å². The number of ether oxygens (including phenoxy) is 2. The van der Waals surface area contributed by atoms with Gasteiger partial charge < -0.3 is 15.2 Å². The number of pyridine rings is 2. The van der Waals surface area contributed by atoms with Crippen LogP contribution in [0.4, 0.5) is 14.5 Å². The highest BCUT2D eigenvalue weighted by molar-refractivity contribution is 5.99. The van der Waals surface area contributed by atoms with Crippen LogP contribution in [0, 0.1) is 11.6 Å². The molecule has 0 aliphatic heterocycles. The molecule has 33 heavy (non-hydrogen) atoms. The highest BCUT2D eigenvalue weighted by Gasteiger charge is 2.13. The minimum Gasteiger partial charge on any atom is -0.487 e. The number of nitrogens with zero attached hydrogens (tertiary/aromatic N) is 4. The number of aliphatic imine (C=N–C) groups is 1. The summed E-state index contributed by atoms with van der Waals surface area (Å²) < 4.78 is 39.3. The molecule has 0 amide bonds. The average Bonchev–Trinajstić information content (AvgIpc) is 2.80. The van der Waals surface area contributed by atoms with Crippen molar-refractivity contribution in [1.29, 1.82) is 0 Å². The summed E-state index contributed by atoms with van der Waals surface area (Å²) in [5.41, 5.74) is 7.47. The summed E-state index contributed by atoms with van der Waals surface area (Å²) in [6.45, 7) is 2.11. The standard InChI is InChI=1S/C23H19F2N5O3/c1-3-33-19-11-27-20-7-4-13(12-30(20)23(19)31)14-8-18(22(32-2)28-10-14)29-21(26)16-6-5-15(24)9-17(16)25/h4-12H,3H2,1-2H3,(H2,26,29). The number of methoxy groups -OCH3 is 1. The Labute approximate surface area is 187 Å². The second-order valence-electron chi connectivity index (χ2n) is 6.88. The summed E-state index contributed by atoms with van der Waals surface area (Å²) >= 11 is 0. The molecule has 0 spiro atoms. The molecule has 3 heterocycles. The summed E-state index contributed by atoms with van der Waals surface area (Å²) in [7, 11) is 1.41. The zero-order valence-corrected chi connectivity index (χ0v) is 17.8. The average molecular weight is 451 g/mol. The first-order valence-corrected chi connectivity index (χ1v) is 9.89. The van der Waals surface area contributed by atoms with Gasteiger partial charge in [-0.1, -0.05) is 0 Å². The Morgan fingerprint density at radius 3 is 2.67 bits per heavy atom. The molecular formula is C23H19F2N5O3. The van der Waals surface area contributed by atoms with Gasteiger partial charge in [0.25, 0.3) is 5.56 Å². The molecule has 0 radical (unpaired) electrons. The Balaban J connectivity index is 1.80. The van der Waals surface area contributed by atoms with Crippen LogP contribution in [0.2, 0.25) is 0 Å². The highest BCUT2D eigenvalue weighted by Crippen LogP contribution is 2.31. The van der Waals surface area contributed by atoms with Gasteiger partial charge in [0.05, 0.1) is 25.5 Å². The van der Waals surface area contributed by atoms with Gasteiger partial charge in [-0.15, -0.1) is 0 Å². The fraction of sp³-hybridized carbons (Fsp3) is 0.130. The normalized spacial score (nSPS) is 11.6. The lowest BCUT2D eigenvalue weighted by Crippen LogP contribution is -2.17. The molecule has 10 heteroatoms.